The third-order valence-electron chi connectivity index (χ3n) is 2.63. The zero-order valence-electron chi connectivity index (χ0n) is 9.37. The second-order valence-electron chi connectivity index (χ2n) is 3.75. The Morgan fingerprint density at radius 2 is 2.35 bits per heavy atom. The highest BCUT2D eigenvalue weighted by Gasteiger charge is 2.14. The lowest BCUT2D eigenvalue weighted by Gasteiger charge is -2.17. The summed E-state index contributed by atoms with van der Waals surface area (Å²) >= 11 is 5.93. The van der Waals surface area contributed by atoms with Gasteiger partial charge in [-0.1, -0.05) is 15.9 Å². The van der Waals surface area contributed by atoms with Crippen molar-refractivity contribution in [2.75, 3.05) is 7.05 Å². The molecule has 90 valence electrons. The van der Waals surface area contributed by atoms with Gasteiger partial charge in [0.05, 0.1) is 0 Å². The Morgan fingerprint density at radius 3 is 3.00 bits per heavy atom. The van der Waals surface area contributed by atoms with Crippen molar-refractivity contribution in [3.8, 4) is 0 Å². The highest BCUT2D eigenvalue weighted by Crippen LogP contribution is 2.27. The maximum absolute atomic E-state index is 4.27. The van der Waals surface area contributed by atoms with Crippen LogP contribution in [0.1, 0.15) is 17.4 Å². The number of aromatic nitrogens is 2. The van der Waals surface area contributed by atoms with Crippen LogP contribution in [-0.2, 0) is 6.42 Å². The first-order valence-corrected chi connectivity index (χ1v) is 7.18. The van der Waals surface area contributed by atoms with E-state index in [0.29, 0.717) is 0 Å². The molecule has 17 heavy (non-hydrogen) atoms. The van der Waals surface area contributed by atoms with Crippen molar-refractivity contribution in [3.05, 3.63) is 50.0 Å². The largest absolute Gasteiger partial charge is 0.349 e. The molecule has 1 unspecified atom stereocenters. The summed E-state index contributed by atoms with van der Waals surface area (Å²) in [5.74, 6) is 0.995. The molecule has 0 spiro atoms. The Kier molecular flexibility index (Phi) is 4.58. The highest BCUT2D eigenvalue weighted by molar-refractivity contribution is 14.1. The van der Waals surface area contributed by atoms with Gasteiger partial charge >= 0.3 is 0 Å². The lowest BCUT2D eigenvalue weighted by atomic mass is 10.0. The first kappa shape index (κ1) is 13.0. The van der Waals surface area contributed by atoms with Gasteiger partial charge in [-0.05, 0) is 53.4 Å². The topological polar surface area (TPSA) is 40.7 Å². The molecular weight excluding hydrogens is 393 g/mol. The summed E-state index contributed by atoms with van der Waals surface area (Å²) in [4.78, 5) is 7.41. The van der Waals surface area contributed by atoms with Crippen molar-refractivity contribution in [3.63, 3.8) is 0 Å². The molecule has 0 amide bonds. The molecule has 2 N–H and O–H groups in total. The zero-order valence-corrected chi connectivity index (χ0v) is 13.1. The molecule has 1 aromatic carbocycles. The number of hydrogen-bond acceptors (Lipinski definition) is 2. The predicted molar refractivity (Wildman–Crippen MR) is 81.0 cm³/mol. The standard InChI is InChI=1S/C12H13BrIN3/c1-15-11(7-12-16-4-5-17-12)9-6-8(14)2-3-10(9)13/h2-6,11,15H,7H2,1H3,(H,16,17). The van der Waals surface area contributed by atoms with Crippen LogP contribution in [0.4, 0.5) is 0 Å². The third kappa shape index (κ3) is 3.29. The van der Waals surface area contributed by atoms with E-state index in [2.05, 4.69) is 72.0 Å². The minimum absolute atomic E-state index is 0.255. The van der Waals surface area contributed by atoms with Crippen molar-refractivity contribution in [1.82, 2.24) is 15.3 Å². The molecule has 2 aromatic rings. The molecule has 0 fully saturated rings. The van der Waals surface area contributed by atoms with Crippen LogP contribution in [0.2, 0.25) is 0 Å². The van der Waals surface area contributed by atoms with E-state index in [1.165, 1.54) is 9.13 Å². The van der Waals surface area contributed by atoms with Crippen LogP contribution in [-0.4, -0.2) is 17.0 Å². The Balaban J connectivity index is 2.25. The molecule has 0 radical (unpaired) electrons. The van der Waals surface area contributed by atoms with Crippen molar-refractivity contribution in [2.45, 2.75) is 12.5 Å². The molecule has 1 aromatic heterocycles. The number of nitrogens with one attached hydrogen (secondary N) is 2. The summed E-state index contributed by atoms with van der Waals surface area (Å²) in [5.41, 5.74) is 1.26. The molecule has 2 rings (SSSR count). The first-order valence-electron chi connectivity index (χ1n) is 5.31. The summed E-state index contributed by atoms with van der Waals surface area (Å²) < 4.78 is 2.37. The first-order chi connectivity index (χ1) is 8.20. The van der Waals surface area contributed by atoms with Gasteiger partial charge in [0.15, 0.2) is 0 Å². The minimum Gasteiger partial charge on any atom is -0.349 e. The highest BCUT2D eigenvalue weighted by atomic mass is 127. The van der Waals surface area contributed by atoms with Crippen LogP contribution in [0.25, 0.3) is 0 Å². The monoisotopic (exact) mass is 405 g/mol. The molecule has 1 heterocycles. The van der Waals surface area contributed by atoms with Gasteiger partial charge in [-0.3, -0.25) is 0 Å². The maximum Gasteiger partial charge on any atom is 0.107 e. The van der Waals surface area contributed by atoms with Crippen molar-refractivity contribution >= 4 is 38.5 Å². The number of likely N-dealkylation sites (N-methyl/N-ethyl adjacent to an activating group) is 1. The molecule has 0 aliphatic rings. The van der Waals surface area contributed by atoms with E-state index in [1.807, 2.05) is 13.2 Å². The SMILES string of the molecule is CNC(Cc1ncc[nH]1)c1cc(I)ccc1Br. The molecule has 3 nitrogen and oxygen atoms in total. The molecular formula is C12H13BrIN3. The fraction of sp³-hybridized carbons (Fsp3) is 0.250. The summed E-state index contributed by atoms with van der Waals surface area (Å²) in [5, 5.41) is 3.33. The third-order valence-corrected chi connectivity index (χ3v) is 4.03. The summed E-state index contributed by atoms with van der Waals surface area (Å²) in [7, 11) is 1.97. The quantitative estimate of drug-likeness (QED) is 0.766. The number of aromatic amines is 1. The molecule has 0 saturated carbocycles. The van der Waals surface area contributed by atoms with Crippen LogP contribution in [0, 0.1) is 3.57 Å². The van der Waals surface area contributed by atoms with E-state index in [4.69, 9.17) is 0 Å². The fourth-order valence-electron chi connectivity index (χ4n) is 1.75. The van der Waals surface area contributed by atoms with Gasteiger partial charge in [-0.15, -0.1) is 0 Å². The lowest BCUT2D eigenvalue weighted by Crippen LogP contribution is -2.20. The summed E-state index contributed by atoms with van der Waals surface area (Å²) in [6.07, 6.45) is 4.49. The van der Waals surface area contributed by atoms with Crippen LogP contribution in [0.3, 0.4) is 0 Å². The fourth-order valence-corrected chi connectivity index (χ4v) is 2.79. The van der Waals surface area contributed by atoms with E-state index in [9.17, 15) is 0 Å². The van der Waals surface area contributed by atoms with Gasteiger partial charge in [0.1, 0.15) is 5.82 Å². The Morgan fingerprint density at radius 1 is 1.53 bits per heavy atom. The van der Waals surface area contributed by atoms with Crippen molar-refractivity contribution < 1.29 is 0 Å². The van der Waals surface area contributed by atoms with Gasteiger partial charge in [-0.2, -0.15) is 0 Å². The predicted octanol–water partition coefficient (Wildman–Crippen LogP) is 3.28. The van der Waals surface area contributed by atoms with Gasteiger partial charge in [0.25, 0.3) is 0 Å². The Hall–Kier alpha value is -0.400. The average Bonchev–Trinajstić information content (AvgIpc) is 2.82. The Bertz CT molecular complexity index is 485. The van der Waals surface area contributed by atoms with Gasteiger partial charge in [-0.25, -0.2) is 4.98 Å². The van der Waals surface area contributed by atoms with E-state index in [-0.39, 0.29) is 6.04 Å². The van der Waals surface area contributed by atoms with Gasteiger partial charge in [0.2, 0.25) is 0 Å². The van der Waals surface area contributed by atoms with Gasteiger partial charge < -0.3 is 10.3 Å². The van der Waals surface area contributed by atoms with E-state index in [1.54, 1.807) is 6.20 Å². The molecule has 0 aliphatic heterocycles. The smallest absolute Gasteiger partial charge is 0.107 e. The second kappa shape index (κ2) is 5.97. The number of nitrogens with zero attached hydrogens (tertiary/aromatic N) is 1. The van der Waals surface area contributed by atoms with E-state index < -0.39 is 0 Å². The Labute approximate surface area is 123 Å². The second-order valence-corrected chi connectivity index (χ2v) is 5.85. The van der Waals surface area contributed by atoms with Gasteiger partial charge in [0, 0.05) is 32.9 Å². The van der Waals surface area contributed by atoms with Crippen molar-refractivity contribution in [2.24, 2.45) is 0 Å². The summed E-state index contributed by atoms with van der Waals surface area (Å²) in [6.45, 7) is 0. The van der Waals surface area contributed by atoms with Crippen LogP contribution in [0.15, 0.2) is 35.1 Å². The number of hydrogen-bond donors (Lipinski definition) is 2. The van der Waals surface area contributed by atoms with Crippen molar-refractivity contribution in [1.29, 1.82) is 0 Å². The minimum atomic E-state index is 0.255. The summed E-state index contributed by atoms with van der Waals surface area (Å²) in [6, 6.07) is 6.62. The van der Waals surface area contributed by atoms with Crippen LogP contribution in [0.5, 0.6) is 0 Å². The number of imidazole rings is 1. The lowest BCUT2D eigenvalue weighted by molar-refractivity contribution is 0.575. The number of H-pyrrole nitrogens is 1. The number of rotatable bonds is 4. The number of halogens is 2. The van der Waals surface area contributed by atoms with Crippen LogP contribution < -0.4 is 5.32 Å². The number of benzene rings is 1. The molecule has 5 heteroatoms. The molecule has 0 aliphatic carbocycles. The molecule has 0 saturated heterocycles. The zero-order chi connectivity index (χ0) is 12.3. The molecule has 0 bridgehead atoms. The average molecular weight is 406 g/mol. The molecule has 1 atom stereocenters. The maximum atomic E-state index is 4.27. The van der Waals surface area contributed by atoms with E-state index in [0.717, 1.165) is 16.7 Å². The van der Waals surface area contributed by atoms with Crippen LogP contribution >= 0.6 is 38.5 Å². The van der Waals surface area contributed by atoms with E-state index >= 15 is 0 Å². The normalized spacial score (nSPS) is 12.6.